The Labute approximate surface area is 136 Å². The summed E-state index contributed by atoms with van der Waals surface area (Å²) in [6.07, 6.45) is 1.29. The second-order valence-corrected chi connectivity index (χ2v) is 7.21. The maximum atomic E-state index is 12.9. The number of carbonyl (C=O) groups is 1. The first-order valence-electron chi connectivity index (χ1n) is 7.60. The summed E-state index contributed by atoms with van der Waals surface area (Å²) >= 11 is 5.98. The number of halogens is 1. The van der Waals surface area contributed by atoms with E-state index in [1.54, 1.807) is 25.3 Å². The van der Waals surface area contributed by atoms with Gasteiger partial charge in [-0.1, -0.05) is 25.4 Å². The lowest BCUT2D eigenvalue weighted by atomic mass is 9.56. The van der Waals surface area contributed by atoms with Crippen molar-refractivity contribution in [1.29, 1.82) is 0 Å². The van der Waals surface area contributed by atoms with Crippen molar-refractivity contribution in [2.45, 2.75) is 32.4 Å². The van der Waals surface area contributed by atoms with E-state index < -0.39 is 0 Å². The molecule has 0 unspecified atom stereocenters. The normalized spacial score (nSPS) is 28.7. The summed E-state index contributed by atoms with van der Waals surface area (Å²) < 4.78 is 11.1. The lowest BCUT2D eigenvalue weighted by Crippen LogP contribution is -2.66. The Kier molecular flexibility index (Phi) is 3.86. The highest BCUT2D eigenvalue weighted by Gasteiger charge is 2.61. The van der Waals surface area contributed by atoms with E-state index in [4.69, 9.17) is 21.1 Å². The molecule has 0 N–H and O–H groups in total. The van der Waals surface area contributed by atoms with Crippen LogP contribution in [0.15, 0.2) is 18.2 Å². The summed E-state index contributed by atoms with van der Waals surface area (Å²) in [7, 11) is 3.42. The number of ether oxygens (including phenoxy) is 2. The Bertz CT molecular complexity index is 602. The van der Waals surface area contributed by atoms with Crippen LogP contribution in [0.2, 0.25) is 5.02 Å². The lowest BCUT2D eigenvalue weighted by molar-refractivity contribution is -0.139. The highest BCUT2D eigenvalue weighted by Crippen LogP contribution is 2.54. The molecule has 1 aliphatic carbocycles. The fraction of sp³-hybridized carbons (Fsp3) is 0.588. The average Bonchev–Trinajstić information content (AvgIpc) is 2.92. The van der Waals surface area contributed by atoms with Gasteiger partial charge in [-0.15, -0.1) is 0 Å². The van der Waals surface area contributed by atoms with Crippen molar-refractivity contribution in [3.63, 3.8) is 0 Å². The Morgan fingerprint density at radius 1 is 1.45 bits per heavy atom. The van der Waals surface area contributed by atoms with E-state index in [-0.39, 0.29) is 23.5 Å². The fourth-order valence-corrected chi connectivity index (χ4v) is 4.40. The third-order valence-corrected chi connectivity index (χ3v) is 5.41. The zero-order chi connectivity index (χ0) is 16.1. The van der Waals surface area contributed by atoms with Crippen molar-refractivity contribution < 1.29 is 14.3 Å². The smallest absolute Gasteiger partial charge is 0.257 e. The van der Waals surface area contributed by atoms with Gasteiger partial charge < -0.3 is 14.4 Å². The van der Waals surface area contributed by atoms with Crippen LogP contribution < -0.4 is 4.74 Å². The standard InChI is InChI=1S/C17H22ClNO3/c1-17(2)14(12-7-8-22-15(12)17)19(3)16(20)11-6-5-10(18)9-13(11)21-4/h5-6,9,12,14-15H,7-8H2,1-4H3/t12-,14+,15-/m0/s1. The first-order valence-corrected chi connectivity index (χ1v) is 7.98. The van der Waals surface area contributed by atoms with E-state index in [0.717, 1.165) is 13.0 Å². The number of nitrogens with zero attached hydrogens (tertiary/aromatic N) is 1. The molecule has 120 valence electrons. The van der Waals surface area contributed by atoms with Crippen molar-refractivity contribution in [2.24, 2.45) is 11.3 Å². The van der Waals surface area contributed by atoms with Crippen molar-refractivity contribution in [1.82, 2.24) is 4.90 Å². The zero-order valence-electron chi connectivity index (χ0n) is 13.4. The first kappa shape index (κ1) is 15.6. The highest BCUT2D eigenvalue weighted by atomic mass is 35.5. The van der Waals surface area contributed by atoms with E-state index in [0.29, 0.717) is 22.3 Å². The van der Waals surface area contributed by atoms with Gasteiger partial charge in [0, 0.05) is 36.1 Å². The van der Waals surface area contributed by atoms with Gasteiger partial charge in [-0.2, -0.15) is 0 Å². The van der Waals surface area contributed by atoms with Gasteiger partial charge >= 0.3 is 0 Å². The Balaban J connectivity index is 1.86. The number of fused-ring (bicyclic) bond motifs is 1. The Morgan fingerprint density at radius 3 is 2.86 bits per heavy atom. The SMILES string of the molecule is COc1cc(Cl)ccc1C(=O)N(C)[C@@H]1[C@@H]2CCO[C@@H]2C1(C)C. The second kappa shape index (κ2) is 5.43. The molecule has 1 aliphatic heterocycles. The Hall–Kier alpha value is -1.26. The number of methoxy groups -OCH3 is 1. The van der Waals surface area contributed by atoms with E-state index in [2.05, 4.69) is 13.8 Å². The molecule has 0 aromatic heterocycles. The van der Waals surface area contributed by atoms with Crippen molar-refractivity contribution in [3.8, 4) is 5.75 Å². The molecule has 0 spiro atoms. The molecule has 22 heavy (non-hydrogen) atoms. The summed E-state index contributed by atoms with van der Waals surface area (Å²) in [5, 5.41) is 0.560. The minimum atomic E-state index is -0.0306. The second-order valence-electron chi connectivity index (χ2n) is 6.77. The third kappa shape index (κ3) is 2.20. The molecule has 2 fully saturated rings. The predicted octanol–water partition coefficient (Wildman–Crippen LogP) is 3.23. The van der Waals surface area contributed by atoms with Crippen LogP contribution in [0, 0.1) is 11.3 Å². The van der Waals surface area contributed by atoms with Crippen LogP contribution >= 0.6 is 11.6 Å². The van der Waals surface area contributed by atoms with Gasteiger partial charge in [0.25, 0.3) is 5.91 Å². The van der Waals surface area contributed by atoms with Crippen LogP contribution in [0.1, 0.15) is 30.6 Å². The van der Waals surface area contributed by atoms with Crippen LogP contribution in [0.3, 0.4) is 0 Å². The van der Waals surface area contributed by atoms with Gasteiger partial charge in [-0.05, 0) is 24.6 Å². The number of hydrogen-bond donors (Lipinski definition) is 0. The number of hydrogen-bond acceptors (Lipinski definition) is 3. The number of rotatable bonds is 3. The van der Waals surface area contributed by atoms with Crippen LogP contribution in [0.4, 0.5) is 0 Å². The van der Waals surface area contributed by atoms with Crippen LogP contribution in [-0.4, -0.2) is 43.7 Å². The molecule has 1 saturated carbocycles. The molecule has 0 bridgehead atoms. The minimum Gasteiger partial charge on any atom is -0.496 e. The van der Waals surface area contributed by atoms with Crippen LogP contribution in [0.5, 0.6) is 5.75 Å². The largest absolute Gasteiger partial charge is 0.496 e. The van der Waals surface area contributed by atoms with Gasteiger partial charge in [-0.25, -0.2) is 0 Å². The van der Waals surface area contributed by atoms with Gasteiger partial charge in [0.05, 0.1) is 18.8 Å². The molecule has 5 heteroatoms. The van der Waals surface area contributed by atoms with E-state index in [1.165, 1.54) is 0 Å². The van der Waals surface area contributed by atoms with Crippen molar-refractivity contribution in [3.05, 3.63) is 28.8 Å². The molecular formula is C17H22ClNO3. The summed E-state index contributed by atoms with van der Waals surface area (Å²) in [6.45, 7) is 5.14. The van der Waals surface area contributed by atoms with E-state index in [1.807, 2.05) is 11.9 Å². The molecular weight excluding hydrogens is 302 g/mol. The highest BCUT2D eigenvalue weighted by molar-refractivity contribution is 6.30. The molecule has 1 saturated heterocycles. The molecule has 0 radical (unpaired) electrons. The van der Waals surface area contributed by atoms with E-state index >= 15 is 0 Å². The molecule has 2 aliphatic rings. The van der Waals surface area contributed by atoms with Gasteiger partial charge in [0.15, 0.2) is 0 Å². The molecule has 1 aromatic carbocycles. The van der Waals surface area contributed by atoms with Gasteiger partial charge in [0.2, 0.25) is 0 Å². The van der Waals surface area contributed by atoms with Crippen molar-refractivity contribution in [2.75, 3.05) is 20.8 Å². The van der Waals surface area contributed by atoms with Gasteiger partial charge in [-0.3, -0.25) is 4.79 Å². The monoisotopic (exact) mass is 323 g/mol. The van der Waals surface area contributed by atoms with Crippen LogP contribution in [-0.2, 0) is 4.74 Å². The van der Waals surface area contributed by atoms with Gasteiger partial charge in [0.1, 0.15) is 5.75 Å². The van der Waals surface area contributed by atoms with E-state index in [9.17, 15) is 4.79 Å². The maximum Gasteiger partial charge on any atom is 0.257 e. The zero-order valence-corrected chi connectivity index (χ0v) is 14.2. The average molecular weight is 324 g/mol. The number of amides is 1. The minimum absolute atomic E-state index is 0.0226. The third-order valence-electron chi connectivity index (χ3n) is 5.17. The summed E-state index contributed by atoms with van der Waals surface area (Å²) in [6, 6.07) is 5.32. The van der Waals surface area contributed by atoms with Crippen molar-refractivity contribution >= 4 is 17.5 Å². The lowest BCUT2D eigenvalue weighted by Gasteiger charge is -2.57. The molecule has 4 nitrogen and oxygen atoms in total. The Morgan fingerprint density at radius 2 is 2.18 bits per heavy atom. The molecule has 3 rings (SSSR count). The quantitative estimate of drug-likeness (QED) is 0.857. The number of benzene rings is 1. The molecule has 1 heterocycles. The predicted molar refractivity (Wildman–Crippen MR) is 85.5 cm³/mol. The topological polar surface area (TPSA) is 38.8 Å². The fourth-order valence-electron chi connectivity index (χ4n) is 4.24. The first-order chi connectivity index (χ1) is 10.4. The molecule has 1 aromatic rings. The summed E-state index contributed by atoms with van der Waals surface area (Å²) in [5.41, 5.74) is 0.526. The molecule has 3 atom stereocenters. The van der Waals surface area contributed by atoms with Crippen LogP contribution in [0.25, 0.3) is 0 Å². The number of carbonyl (C=O) groups excluding carboxylic acids is 1. The summed E-state index contributed by atoms with van der Waals surface area (Å²) in [5.74, 6) is 0.917. The summed E-state index contributed by atoms with van der Waals surface area (Å²) in [4.78, 5) is 14.8. The maximum absolute atomic E-state index is 12.9. The molecule has 1 amide bonds.